The number of carbonyl (C=O) groups is 1. The molecule has 0 spiro atoms. The molecule has 1 fully saturated rings. The van der Waals surface area contributed by atoms with Crippen LogP contribution in [-0.2, 0) is 20.8 Å². The average molecular weight is 308 g/mol. The maximum Gasteiger partial charge on any atom is 0.248 e. The Morgan fingerprint density at radius 3 is 2.86 bits per heavy atom. The first-order valence-electron chi connectivity index (χ1n) is 7.61. The van der Waals surface area contributed by atoms with Crippen LogP contribution in [0.25, 0.3) is 0 Å². The Kier molecular flexibility index (Phi) is 6.54. The van der Waals surface area contributed by atoms with Crippen molar-refractivity contribution in [2.45, 2.75) is 31.9 Å². The highest BCUT2D eigenvalue weighted by molar-refractivity contribution is 5.77. The summed E-state index contributed by atoms with van der Waals surface area (Å²) in [6.45, 7) is 1.82. The van der Waals surface area contributed by atoms with Crippen LogP contribution in [0.1, 0.15) is 24.8 Å². The van der Waals surface area contributed by atoms with Crippen molar-refractivity contribution in [3.63, 3.8) is 0 Å². The lowest BCUT2D eigenvalue weighted by Gasteiger charge is -2.23. The zero-order chi connectivity index (χ0) is 15.8. The van der Waals surface area contributed by atoms with Gasteiger partial charge in [0, 0.05) is 45.2 Å². The van der Waals surface area contributed by atoms with E-state index in [0.717, 1.165) is 25.0 Å². The molecule has 122 valence electrons. The van der Waals surface area contributed by atoms with E-state index in [9.17, 15) is 4.79 Å². The molecule has 2 rings (SSSR count). The van der Waals surface area contributed by atoms with E-state index in [1.165, 1.54) is 6.42 Å². The lowest BCUT2D eigenvalue weighted by atomic mass is 10.1. The summed E-state index contributed by atoms with van der Waals surface area (Å²) in [5, 5.41) is 2.85. The highest BCUT2D eigenvalue weighted by Crippen LogP contribution is 2.12. The molecule has 0 aliphatic carbocycles. The lowest BCUT2D eigenvalue weighted by molar-refractivity contribution is -0.137. The predicted molar refractivity (Wildman–Crippen MR) is 82.5 cm³/mol. The van der Waals surface area contributed by atoms with Gasteiger partial charge < -0.3 is 19.7 Å². The third kappa shape index (κ3) is 5.23. The molecular formula is C15H24N4O3. The molecule has 2 heterocycles. The van der Waals surface area contributed by atoms with E-state index < -0.39 is 0 Å². The standard InChI is InChI=1S/C15H24N4O3/c1-16-15-17-7-12(8-18-15)9-19(2)14(20)11-21-10-13-5-3-4-6-22-13/h7-8,13H,3-6,9-11H2,1-2H3,(H,16,17,18). The van der Waals surface area contributed by atoms with E-state index in [1.807, 2.05) is 0 Å². The van der Waals surface area contributed by atoms with Crippen molar-refractivity contribution in [2.75, 3.05) is 39.2 Å². The molecule has 0 aromatic carbocycles. The van der Waals surface area contributed by atoms with Crippen LogP contribution in [0.3, 0.4) is 0 Å². The Bertz CT molecular complexity index is 460. The first kappa shape index (κ1) is 16.6. The lowest BCUT2D eigenvalue weighted by Crippen LogP contribution is -2.32. The zero-order valence-electron chi connectivity index (χ0n) is 13.2. The summed E-state index contributed by atoms with van der Waals surface area (Å²) >= 11 is 0. The number of amides is 1. The fraction of sp³-hybridized carbons (Fsp3) is 0.667. The maximum absolute atomic E-state index is 12.0. The molecule has 1 aliphatic heterocycles. The van der Waals surface area contributed by atoms with E-state index in [1.54, 1.807) is 31.4 Å². The van der Waals surface area contributed by atoms with E-state index in [0.29, 0.717) is 19.1 Å². The van der Waals surface area contributed by atoms with E-state index in [2.05, 4.69) is 15.3 Å². The number of anilines is 1. The van der Waals surface area contributed by atoms with Gasteiger partial charge >= 0.3 is 0 Å². The SMILES string of the molecule is CNc1ncc(CN(C)C(=O)COCC2CCCCO2)cn1. The van der Waals surface area contributed by atoms with Crippen molar-refractivity contribution in [1.29, 1.82) is 0 Å². The second-order valence-electron chi connectivity index (χ2n) is 5.42. The minimum atomic E-state index is -0.0616. The number of carbonyl (C=O) groups excluding carboxylic acids is 1. The van der Waals surface area contributed by atoms with Gasteiger partial charge in [0.25, 0.3) is 0 Å². The molecule has 0 radical (unpaired) electrons. The largest absolute Gasteiger partial charge is 0.376 e. The zero-order valence-corrected chi connectivity index (χ0v) is 13.2. The van der Waals surface area contributed by atoms with Crippen LogP contribution in [0.2, 0.25) is 0 Å². The number of hydrogen-bond donors (Lipinski definition) is 1. The fourth-order valence-electron chi connectivity index (χ4n) is 2.25. The second kappa shape index (κ2) is 8.65. The molecule has 7 nitrogen and oxygen atoms in total. The number of nitrogens with zero attached hydrogens (tertiary/aromatic N) is 3. The molecule has 1 aromatic heterocycles. The van der Waals surface area contributed by atoms with Gasteiger partial charge in [0.05, 0.1) is 12.7 Å². The summed E-state index contributed by atoms with van der Waals surface area (Å²) < 4.78 is 11.0. The van der Waals surface area contributed by atoms with Crippen LogP contribution in [0.15, 0.2) is 12.4 Å². The minimum Gasteiger partial charge on any atom is -0.376 e. The Morgan fingerprint density at radius 1 is 1.45 bits per heavy atom. The van der Waals surface area contributed by atoms with E-state index in [-0.39, 0.29) is 18.6 Å². The van der Waals surface area contributed by atoms with E-state index in [4.69, 9.17) is 9.47 Å². The van der Waals surface area contributed by atoms with Crippen LogP contribution in [0, 0.1) is 0 Å². The monoisotopic (exact) mass is 308 g/mol. The van der Waals surface area contributed by atoms with Gasteiger partial charge in [-0.2, -0.15) is 0 Å². The highest BCUT2D eigenvalue weighted by Gasteiger charge is 2.15. The molecule has 1 amide bonds. The highest BCUT2D eigenvalue weighted by atomic mass is 16.5. The fourth-order valence-corrected chi connectivity index (χ4v) is 2.25. The first-order valence-corrected chi connectivity index (χ1v) is 7.61. The Hall–Kier alpha value is -1.73. The number of aromatic nitrogens is 2. The molecule has 1 unspecified atom stereocenters. The van der Waals surface area contributed by atoms with Crippen LogP contribution >= 0.6 is 0 Å². The molecule has 7 heteroatoms. The number of rotatable bonds is 7. The average Bonchev–Trinajstić information content (AvgIpc) is 2.56. The smallest absolute Gasteiger partial charge is 0.248 e. The Labute approximate surface area is 131 Å². The van der Waals surface area contributed by atoms with Crippen molar-refractivity contribution in [2.24, 2.45) is 0 Å². The number of hydrogen-bond acceptors (Lipinski definition) is 6. The van der Waals surface area contributed by atoms with Gasteiger partial charge in [0.15, 0.2) is 0 Å². The van der Waals surface area contributed by atoms with Crippen molar-refractivity contribution >= 4 is 11.9 Å². The van der Waals surface area contributed by atoms with E-state index >= 15 is 0 Å². The summed E-state index contributed by atoms with van der Waals surface area (Å²) in [5.41, 5.74) is 0.880. The molecule has 1 N–H and O–H groups in total. The Balaban J connectivity index is 1.69. The van der Waals surface area contributed by atoms with Gasteiger partial charge in [-0.25, -0.2) is 9.97 Å². The molecule has 0 saturated carbocycles. The van der Waals surface area contributed by atoms with Crippen molar-refractivity contribution in [3.05, 3.63) is 18.0 Å². The van der Waals surface area contributed by atoms with Gasteiger partial charge in [-0.15, -0.1) is 0 Å². The summed E-state index contributed by atoms with van der Waals surface area (Å²) in [7, 11) is 3.51. The van der Waals surface area contributed by atoms with Crippen LogP contribution in [0.4, 0.5) is 5.95 Å². The van der Waals surface area contributed by atoms with Crippen molar-refractivity contribution in [1.82, 2.24) is 14.9 Å². The Morgan fingerprint density at radius 2 is 2.23 bits per heavy atom. The summed E-state index contributed by atoms with van der Waals surface area (Å²) in [6, 6.07) is 0. The first-order chi connectivity index (χ1) is 10.7. The minimum absolute atomic E-state index is 0.0616. The summed E-state index contributed by atoms with van der Waals surface area (Å²) in [6.07, 6.45) is 6.85. The second-order valence-corrected chi connectivity index (χ2v) is 5.42. The molecule has 1 aliphatic rings. The molecule has 1 aromatic rings. The molecule has 1 saturated heterocycles. The predicted octanol–water partition coefficient (Wildman–Crippen LogP) is 1.06. The topological polar surface area (TPSA) is 76.6 Å². The number of nitrogens with one attached hydrogen (secondary N) is 1. The molecule has 1 atom stereocenters. The van der Waals surface area contributed by atoms with Gasteiger partial charge in [0.1, 0.15) is 6.61 Å². The molecular weight excluding hydrogens is 284 g/mol. The van der Waals surface area contributed by atoms with Crippen LogP contribution in [-0.4, -0.2) is 60.8 Å². The number of ether oxygens (including phenoxy) is 2. The third-order valence-electron chi connectivity index (χ3n) is 3.58. The molecule has 22 heavy (non-hydrogen) atoms. The quantitative estimate of drug-likeness (QED) is 0.812. The normalized spacial score (nSPS) is 18.0. The maximum atomic E-state index is 12.0. The van der Waals surface area contributed by atoms with Crippen LogP contribution in [0.5, 0.6) is 0 Å². The molecule has 0 bridgehead atoms. The van der Waals surface area contributed by atoms with Gasteiger partial charge in [-0.05, 0) is 19.3 Å². The summed E-state index contributed by atoms with van der Waals surface area (Å²) in [5.74, 6) is 0.502. The van der Waals surface area contributed by atoms with Crippen molar-refractivity contribution in [3.8, 4) is 0 Å². The summed E-state index contributed by atoms with van der Waals surface area (Å²) in [4.78, 5) is 21.9. The van der Waals surface area contributed by atoms with Gasteiger partial charge in [-0.3, -0.25) is 4.79 Å². The van der Waals surface area contributed by atoms with Crippen LogP contribution < -0.4 is 5.32 Å². The van der Waals surface area contributed by atoms with Crippen molar-refractivity contribution < 1.29 is 14.3 Å². The van der Waals surface area contributed by atoms with Gasteiger partial charge in [0.2, 0.25) is 11.9 Å². The third-order valence-corrected chi connectivity index (χ3v) is 3.58. The number of likely N-dealkylation sites (N-methyl/N-ethyl adjacent to an activating group) is 1. The van der Waals surface area contributed by atoms with Gasteiger partial charge in [-0.1, -0.05) is 0 Å².